The fourth-order valence-electron chi connectivity index (χ4n) is 7.03. The minimum absolute atomic E-state index is 0.0735. The maximum Gasteiger partial charge on any atom is 0.338 e. The predicted molar refractivity (Wildman–Crippen MR) is 163 cm³/mol. The van der Waals surface area contributed by atoms with E-state index in [1.807, 2.05) is 18.2 Å². The minimum Gasteiger partial charge on any atom is -0.459 e. The molecule has 3 rings (SSSR count). The Labute approximate surface area is 240 Å². The molecular weight excluding hydrogens is 488 g/mol. The van der Waals surface area contributed by atoms with Gasteiger partial charge in [0.25, 0.3) is 0 Å². The highest BCUT2D eigenvalue weighted by molar-refractivity contribution is 6.31. The van der Waals surface area contributed by atoms with Crippen LogP contribution in [0.4, 0.5) is 0 Å². The lowest BCUT2D eigenvalue weighted by atomic mass is 9.70. The molecule has 0 atom stereocenters. The molecule has 0 aromatic heterocycles. The summed E-state index contributed by atoms with van der Waals surface area (Å²) in [6.45, 7) is 4.54. The van der Waals surface area contributed by atoms with Gasteiger partial charge in [0.05, 0.1) is 5.56 Å². The first-order chi connectivity index (χ1) is 18.6. The summed E-state index contributed by atoms with van der Waals surface area (Å²) in [6.07, 6.45) is 29.0. The molecule has 0 unspecified atom stereocenters. The van der Waals surface area contributed by atoms with Crippen LogP contribution in [0.5, 0.6) is 0 Å². The van der Waals surface area contributed by atoms with Crippen molar-refractivity contribution in [2.45, 2.75) is 161 Å². The first-order valence-electron chi connectivity index (χ1n) is 16.6. The Balaban J connectivity index is 1.29. The van der Waals surface area contributed by atoms with Gasteiger partial charge in [-0.3, -0.25) is 0 Å². The van der Waals surface area contributed by atoms with Crippen molar-refractivity contribution in [3.63, 3.8) is 0 Å². The molecule has 2 aliphatic carbocycles. The summed E-state index contributed by atoms with van der Waals surface area (Å²) in [6, 6.07) is 5.76. The highest BCUT2D eigenvalue weighted by Crippen LogP contribution is 2.41. The number of hydrogen-bond acceptors (Lipinski definition) is 2. The van der Waals surface area contributed by atoms with Crippen LogP contribution in [-0.4, -0.2) is 12.1 Å². The Kier molecular flexibility index (Phi) is 15.2. The third kappa shape index (κ3) is 11.2. The Morgan fingerprint density at radius 3 is 1.89 bits per heavy atom. The summed E-state index contributed by atoms with van der Waals surface area (Å²) in [4.78, 5) is 12.8. The molecule has 0 aliphatic heterocycles. The molecular formula is C35H57ClO2. The molecule has 0 amide bonds. The number of halogens is 1. The first-order valence-corrected chi connectivity index (χ1v) is 17.0. The van der Waals surface area contributed by atoms with Crippen molar-refractivity contribution in [1.29, 1.82) is 0 Å². The monoisotopic (exact) mass is 544 g/mol. The fraction of sp³-hybridized carbons (Fsp3) is 0.800. The summed E-state index contributed by atoms with van der Waals surface area (Å²) in [5.41, 5.74) is 1.75. The molecule has 38 heavy (non-hydrogen) atoms. The number of hydrogen-bond donors (Lipinski definition) is 0. The molecule has 2 saturated carbocycles. The lowest BCUT2D eigenvalue weighted by Crippen LogP contribution is -2.29. The number of carbonyl (C=O) groups is 1. The van der Waals surface area contributed by atoms with Gasteiger partial charge < -0.3 is 4.74 Å². The van der Waals surface area contributed by atoms with Gasteiger partial charge in [0.2, 0.25) is 0 Å². The van der Waals surface area contributed by atoms with Crippen molar-refractivity contribution in [3.05, 3.63) is 34.3 Å². The zero-order valence-electron chi connectivity index (χ0n) is 24.8. The zero-order valence-corrected chi connectivity index (χ0v) is 25.5. The Hall–Kier alpha value is -1.02. The molecule has 216 valence electrons. The topological polar surface area (TPSA) is 26.3 Å². The van der Waals surface area contributed by atoms with E-state index in [2.05, 4.69) is 13.8 Å². The largest absolute Gasteiger partial charge is 0.459 e. The van der Waals surface area contributed by atoms with E-state index in [4.69, 9.17) is 16.3 Å². The minimum atomic E-state index is -0.198. The van der Waals surface area contributed by atoms with Gasteiger partial charge in [0.1, 0.15) is 6.10 Å². The molecule has 0 heterocycles. The molecule has 1 aromatic carbocycles. The van der Waals surface area contributed by atoms with E-state index in [9.17, 15) is 4.79 Å². The number of aryl methyl sites for hydroxylation is 1. The van der Waals surface area contributed by atoms with E-state index in [0.29, 0.717) is 10.6 Å². The summed E-state index contributed by atoms with van der Waals surface area (Å²) < 4.78 is 5.94. The van der Waals surface area contributed by atoms with Gasteiger partial charge >= 0.3 is 5.97 Å². The molecule has 2 fully saturated rings. The van der Waals surface area contributed by atoms with Crippen LogP contribution in [0.2, 0.25) is 5.02 Å². The quantitative estimate of drug-likeness (QED) is 0.144. The van der Waals surface area contributed by atoms with Crippen molar-refractivity contribution >= 4 is 17.6 Å². The average molecular weight is 545 g/mol. The van der Waals surface area contributed by atoms with Crippen molar-refractivity contribution in [2.24, 2.45) is 17.8 Å². The molecule has 0 N–H and O–H groups in total. The number of rotatable bonds is 17. The second kappa shape index (κ2) is 18.4. The molecule has 3 heteroatoms. The van der Waals surface area contributed by atoms with E-state index in [1.54, 1.807) is 0 Å². The second-order valence-electron chi connectivity index (χ2n) is 12.6. The molecule has 0 bridgehead atoms. The Bertz CT molecular complexity index is 774. The molecule has 0 saturated heterocycles. The number of esters is 1. The Morgan fingerprint density at radius 2 is 1.29 bits per heavy atom. The van der Waals surface area contributed by atoms with Crippen LogP contribution in [-0.2, 0) is 11.2 Å². The molecule has 2 nitrogen and oxygen atoms in total. The van der Waals surface area contributed by atoms with Crippen molar-refractivity contribution in [2.75, 3.05) is 0 Å². The van der Waals surface area contributed by atoms with Crippen LogP contribution in [0.1, 0.15) is 165 Å². The first kappa shape index (κ1) is 31.5. The van der Waals surface area contributed by atoms with E-state index in [1.165, 1.54) is 116 Å². The van der Waals surface area contributed by atoms with E-state index in [-0.39, 0.29) is 12.1 Å². The van der Waals surface area contributed by atoms with Crippen LogP contribution in [0.25, 0.3) is 0 Å². The van der Waals surface area contributed by atoms with Crippen LogP contribution in [0.3, 0.4) is 0 Å². The highest BCUT2D eigenvalue weighted by atomic mass is 35.5. The smallest absolute Gasteiger partial charge is 0.338 e. The van der Waals surface area contributed by atoms with Gasteiger partial charge in [0.15, 0.2) is 0 Å². The average Bonchev–Trinajstić information content (AvgIpc) is 2.94. The van der Waals surface area contributed by atoms with Gasteiger partial charge in [0, 0.05) is 5.02 Å². The van der Waals surface area contributed by atoms with E-state index >= 15 is 0 Å². The normalized spacial score (nSPS) is 23.9. The standard InChI is InChI=1S/C35H57ClO2/c1-3-5-7-9-10-12-13-15-28-17-19-29(20-18-28)30-23-25-33(26-24-30)38-35(37)32-22-21-31(34(36)27-32)16-14-11-8-6-4-2/h21-22,27-30,33H,3-20,23-26H2,1-2H3. The number of benzene rings is 1. The zero-order chi connectivity index (χ0) is 27.0. The number of unbranched alkanes of at least 4 members (excludes halogenated alkanes) is 10. The molecule has 2 aliphatic rings. The lowest BCUT2D eigenvalue weighted by molar-refractivity contribution is 0.0109. The van der Waals surface area contributed by atoms with E-state index < -0.39 is 0 Å². The van der Waals surface area contributed by atoms with Crippen molar-refractivity contribution in [3.8, 4) is 0 Å². The highest BCUT2D eigenvalue weighted by Gasteiger charge is 2.32. The van der Waals surface area contributed by atoms with Gasteiger partial charge in [-0.15, -0.1) is 0 Å². The van der Waals surface area contributed by atoms with Gasteiger partial charge in [-0.2, -0.15) is 0 Å². The van der Waals surface area contributed by atoms with Crippen molar-refractivity contribution in [1.82, 2.24) is 0 Å². The molecule has 1 aromatic rings. The number of ether oxygens (including phenoxy) is 1. The number of carbonyl (C=O) groups excluding carboxylic acids is 1. The summed E-state index contributed by atoms with van der Waals surface area (Å²) in [5.74, 6) is 2.54. The van der Waals surface area contributed by atoms with Gasteiger partial charge in [-0.25, -0.2) is 4.79 Å². The lowest BCUT2D eigenvalue weighted by Gasteiger charge is -2.37. The SMILES string of the molecule is CCCCCCCCCC1CCC(C2CCC(OC(=O)c3ccc(CCCCCCC)c(Cl)c3)CC2)CC1. The van der Waals surface area contributed by atoms with Crippen LogP contribution in [0, 0.1) is 17.8 Å². The fourth-order valence-corrected chi connectivity index (χ4v) is 7.31. The van der Waals surface area contributed by atoms with Gasteiger partial charge in [-0.1, -0.05) is 121 Å². The molecule has 0 radical (unpaired) electrons. The second-order valence-corrected chi connectivity index (χ2v) is 13.0. The maximum atomic E-state index is 12.8. The van der Waals surface area contributed by atoms with Crippen molar-refractivity contribution < 1.29 is 9.53 Å². The van der Waals surface area contributed by atoms with Crippen LogP contribution < -0.4 is 0 Å². The third-order valence-electron chi connectivity index (χ3n) is 9.61. The van der Waals surface area contributed by atoms with Gasteiger partial charge in [-0.05, 0) is 86.8 Å². The third-order valence-corrected chi connectivity index (χ3v) is 9.96. The predicted octanol–water partition coefficient (Wildman–Crippen LogP) is 11.5. The summed E-state index contributed by atoms with van der Waals surface area (Å²) in [5, 5.41) is 0.709. The van der Waals surface area contributed by atoms with E-state index in [0.717, 1.165) is 49.0 Å². The van der Waals surface area contributed by atoms with Crippen LogP contribution in [0.15, 0.2) is 18.2 Å². The van der Waals surface area contributed by atoms with Crippen LogP contribution >= 0.6 is 11.6 Å². The summed E-state index contributed by atoms with van der Waals surface area (Å²) >= 11 is 6.52. The Morgan fingerprint density at radius 1 is 0.737 bits per heavy atom. The maximum absolute atomic E-state index is 12.8. The molecule has 0 spiro atoms. The summed E-state index contributed by atoms with van der Waals surface area (Å²) in [7, 11) is 0.